The molecule has 0 aliphatic carbocycles. The fourth-order valence-corrected chi connectivity index (χ4v) is 3.73. The van der Waals surface area contributed by atoms with Crippen LogP contribution in [0.2, 0.25) is 0 Å². The second kappa shape index (κ2) is 6.99. The summed E-state index contributed by atoms with van der Waals surface area (Å²) in [6.45, 7) is 2.69. The molecule has 10 heteroatoms. The molecule has 4 heterocycles. The van der Waals surface area contributed by atoms with Crippen molar-refractivity contribution in [3.05, 3.63) is 42.0 Å². The summed E-state index contributed by atoms with van der Waals surface area (Å²) < 4.78 is 9.36. The summed E-state index contributed by atoms with van der Waals surface area (Å²) in [4.78, 5) is 21.7. The molecule has 1 atom stereocenters. The van der Waals surface area contributed by atoms with Crippen LogP contribution in [0, 0.1) is 0 Å². The van der Waals surface area contributed by atoms with Gasteiger partial charge in [0.25, 0.3) is 5.91 Å². The standard InChI is InChI=1S/C20H22N8O2/c1-11-8-30-9-12-4-13-18(27(3)10-23-13)14(5-12)25-17-6-15(21-2)19-22-7-16(20(29)24-11)28(19)26-17/h4-7,10-11,21H,8-9H2,1-3H3,(H,24,29)(H,25,26). The highest BCUT2D eigenvalue weighted by Crippen LogP contribution is 2.29. The predicted molar refractivity (Wildman–Crippen MR) is 113 cm³/mol. The van der Waals surface area contributed by atoms with Gasteiger partial charge in [-0.05, 0) is 24.6 Å². The Morgan fingerprint density at radius 1 is 1.27 bits per heavy atom. The molecule has 1 aromatic carbocycles. The lowest BCUT2D eigenvalue weighted by Gasteiger charge is -2.17. The van der Waals surface area contributed by atoms with E-state index in [0.717, 1.165) is 28.0 Å². The van der Waals surface area contributed by atoms with Crippen molar-refractivity contribution in [3.63, 3.8) is 0 Å². The third kappa shape index (κ3) is 3.01. The van der Waals surface area contributed by atoms with Crippen molar-refractivity contribution < 1.29 is 9.53 Å². The maximum Gasteiger partial charge on any atom is 0.271 e. The van der Waals surface area contributed by atoms with E-state index in [9.17, 15) is 4.79 Å². The number of fused-ring (bicyclic) bond motifs is 5. The lowest BCUT2D eigenvalue weighted by Crippen LogP contribution is -2.36. The van der Waals surface area contributed by atoms with Gasteiger partial charge in [-0.2, -0.15) is 0 Å². The molecule has 5 rings (SSSR count). The first kappa shape index (κ1) is 18.4. The second-order valence-electron chi connectivity index (χ2n) is 7.45. The molecule has 10 nitrogen and oxygen atoms in total. The lowest BCUT2D eigenvalue weighted by molar-refractivity contribution is 0.0815. The fraction of sp³-hybridized carbons (Fsp3) is 0.300. The topological polar surface area (TPSA) is 110 Å². The first-order chi connectivity index (χ1) is 14.5. The Labute approximate surface area is 172 Å². The summed E-state index contributed by atoms with van der Waals surface area (Å²) in [7, 11) is 3.76. The van der Waals surface area contributed by atoms with E-state index in [0.29, 0.717) is 30.4 Å². The van der Waals surface area contributed by atoms with Gasteiger partial charge in [-0.15, -0.1) is 5.10 Å². The van der Waals surface area contributed by atoms with Crippen molar-refractivity contribution in [3.8, 4) is 0 Å². The summed E-state index contributed by atoms with van der Waals surface area (Å²) in [6.07, 6.45) is 3.31. The number of nitrogens with zero attached hydrogens (tertiary/aromatic N) is 5. The van der Waals surface area contributed by atoms with Gasteiger partial charge >= 0.3 is 0 Å². The van der Waals surface area contributed by atoms with Crippen LogP contribution in [0.1, 0.15) is 23.0 Å². The highest BCUT2D eigenvalue weighted by Gasteiger charge is 2.19. The number of aromatic nitrogens is 5. The highest BCUT2D eigenvalue weighted by atomic mass is 16.5. The number of imidazole rings is 2. The molecule has 0 saturated heterocycles. The smallest absolute Gasteiger partial charge is 0.271 e. The van der Waals surface area contributed by atoms with E-state index in [4.69, 9.17) is 4.74 Å². The first-order valence-corrected chi connectivity index (χ1v) is 9.69. The number of amides is 1. The van der Waals surface area contributed by atoms with Crippen molar-refractivity contribution in [2.24, 2.45) is 7.05 Å². The number of rotatable bonds is 1. The number of benzene rings is 1. The van der Waals surface area contributed by atoms with Crippen LogP contribution in [0.3, 0.4) is 0 Å². The van der Waals surface area contributed by atoms with Crippen molar-refractivity contribution in [1.29, 1.82) is 0 Å². The van der Waals surface area contributed by atoms with Crippen LogP contribution in [-0.2, 0) is 18.4 Å². The Bertz CT molecular complexity index is 1280. The van der Waals surface area contributed by atoms with Crippen LogP contribution >= 0.6 is 0 Å². The van der Waals surface area contributed by atoms with Gasteiger partial charge in [-0.25, -0.2) is 14.5 Å². The Kier molecular flexibility index (Phi) is 4.28. The summed E-state index contributed by atoms with van der Waals surface area (Å²) in [5, 5.41) is 14.1. The number of carbonyl (C=O) groups excluding carboxylic acids is 1. The third-order valence-corrected chi connectivity index (χ3v) is 5.12. The zero-order chi connectivity index (χ0) is 20.8. The van der Waals surface area contributed by atoms with Crippen LogP contribution in [0.15, 0.2) is 30.7 Å². The number of aryl methyl sites for hydroxylation is 1. The second-order valence-corrected chi connectivity index (χ2v) is 7.45. The molecule has 0 fully saturated rings. The number of nitrogens with one attached hydrogen (secondary N) is 3. The van der Waals surface area contributed by atoms with Crippen molar-refractivity contribution >= 4 is 39.8 Å². The molecule has 154 valence electrons. The molecule has 0 saturated carbocycles. The Hall–Kier alpha value is -3.66. The predicted octanol–water partition coefficient (Wildman–Crippen LogP) is 2.05. The maximum absolute atomic E-state index is 12.8. The summed E-state index contributed by atoms with van der Waals surface area (Å²) in [5.74, 6) is 0.319. The molecule has 4 bridgehead atoms. The quantitative estimate of drug-likeness (QED) is 0.444. The van der Waals surface area contributed by atoms with Crippen molar-refractivity contribution in [2.75, 3.05) is 24.3 Å². The van der Waals surface area contributed by atoms with Gasteiger partial charge in [0.1, 0.15) is 0 Å². The number of hydrogen-bond donors (Lipinski definition) is 3. The van der Waals surface area contributed by atoms with Crippen molar-refractivity contribution in [2.45, 2.75) is 19.6 Å². The minimum atomic E-state index is -0.255. The zero-order valence-corrected chi connectivity index (χ0v) is 16.9. The molecule has 4 aromatic rings. The zero-order valence-electron chi connectivity index (χ0n) is 16.9. The van der Waals surface area contributed by atoms with Gasteiger partial charge in [0, 0.05) is 26.2 Å². The third-order valence-electron chi connectivity index (χ3n) is 5.12. The van der Waals surface area contributed by atoms with Crippen LogP contribution in [-0.4, -0.2) is 49.8 Å². The van der Waals surface area contributed by atoms with E-state index in [2.05, 4.69) is 31.0 Å². The monoisotopic (exact) mass is 406 g/mol. The minimum absolute atomic E-state index is 0.172. The van der Waals surface area contributed by atoms with E-state index in [1.165, 1.54) is 6.20 Å². The largest absolute Gasteiger partial charge is 0.385 e. The number of hydrogen-bond acceptors (Lipinski definition) is 7. The molecule has 1 amide bonds. The number of anilines is 3. The van der Waals surface area contributed by atoms with E-state index in [-0.39, 0.29) is 11.9 Å². The molecule has 1 unspecified atom stereocenters. The maximum atomic E-state index is 12.8. The van der Waals surface area contributed by atoms with Crippen LogP contribution < -0.4 is 16.0 Å². The Balaban J connectivity index is 1.73. The minimum Gasteiger partial charge on any atom is -0.385 e. The molecule has 0 spiro atoms. The van der Waals surface area contributed by atoms with Gasteiger partial charge in [0.05, 0.1) is 48.1 Å². The van der Waals surface area contributed by atoms with Gasteiger partial charge in [-0.3, -0.25) is 4.79 Å². The molecule has 30 heavy (non-hydrogen) atoms. The fourth-order valence-electron chi connectivity index (χ4n) is 3.73. The first-order valence-electron chi connectivity index (χ1n) is 9.69. The molecule has 0 radical (unpaired) electrons. The molecule has 3 aromatic heterocycles. The number of ether oxygens (including phenoxy) is 1. The lowest BCUT2D eigenvalue weighted by atomic mass is 10.1. The van der Waals surface area contributed by atoms with Crippen LogP contribution in [0.5, 0.6) is 0 Å². The molecule has 3 N–H and O–H groups in total. The normalized spacial score (nSPS) is 17.0. The van der Waals surface area contributed by atoms with E-state index in [1.807, 2.05) is 43.8 Å². The summed E-state index contributed by atoms with van der Waals surface area (Å²) in [6, 6.07) is 5.75. The Morgan fingerprint density at radius 2 is 2.13 bits per heavy atom. The van der Waals surface area contributed by atoms with Gasteiger partial charge in [-0.1, -0.05) is 0 Å². The molecular formula is C20H22N8O2. The van der Waals surface area contributed by atoms with Crippen LogP contribution in [0.4, 0.5) is 17.2 Å². The molecule has 1 aliphatic heterocycles. The Morgan fingerprint density at radius 3 is 2.97 bits per heavy atom. The average molecular weight is 406 g/mol. The summed E-state index contributed by atoms with van der Waals surface area (Å²) >= 11 is 0. The number of carbonyl (C=O) groups is 1. The average Bonchev–Trinajstić information content (AvgIpc) is 3.30. The SMILES string of the molecule is CNc1cc2nn3c(cnc13)C(=O)NC(C)COCc1cc(c3c(c1)ncn3C)N2. The highest BCUT2D eigenvalue weighted by molar-refractivity contribution is 5.94. The van der Waals surface area contributed by atoms with E-state index in [1.54, 1.807) is 10.8 Å². The van der Waals surface area contributed by atoms with E-state index < -0.39 is 0 Å². The molecule has 1 aliphatic rings. The van der Waals surface area contributed by atoms with E-state index >= 15 is 0 Å². The summed E-state index contributed by atoms with van der Waals surface area (Å²) in [5.41, 5.74) is 5.35. The van der Waals surface area contributed by atoms with Gasteiger partial charge in [0.15, 0.2) is 17.2 Å². The van der Waals surface area contributed by atoms with Gasteiger partial charge in [0.2, 0.25) is 0 Å². The van der Waals surface area contributed by atoms with Gasteiger partial charge < -0.3 is 25.3 Å². The van der Waals surface area contributed by atoms with Crippen molar-refractivity contribution in [1.82, 2.24) is 29.5 Å². The van der Waals surface area contributed by atoms with Crippen LogP contribution in [0.25, 0.3) is 16.7 Å². The molecular weight excluding hydrogens is 384 g/mol.